The minimum atomic E-state index is -3.72. The van der Waals surface area contributed by atoms with Crippen LogP contribution in [0.2, 0.25) is 5.02 Å². The van der Waals surface area contributed by atoms with Crippen LogP contribution in [-0.2, 0) is 10.0 Å². The number of halogens is 2. The fourth-order valence-corrected chi connectivity index (χ4v) is 4.19. The van der Waals surface area contributed by atoms with Crippen molar-refractivity contribution in [3.05, 3.63) is 29.0 Å². The van der Waals surface area contributed by atoms with Crippen LogP contribution >= 0.6 is 11.6 Å². The molecule has 0 saturated carbocycles. The number of benzene rings is 1. The van der Waals surface area contributed by atoms with Gasteiger partial charge >= 0.3 is 0 Å². The summed E-state index contributed by atoms with van der Waals surface area (Å²) >= 11 is 5.79. The summed E-state index contributed by atoms with van der Waals surface area (Å²) < 4.78 is 40.1. The number of nitrogens with one attached hydrogen (secondary N) is 1. The van der Waals surface area contributed by atoms with E-state index in [4.69, 9.17) is 11.6 Å². The highest BCUT2D eigenvalue weighted by molar-refractivity contribution is 7.89. The van der Waals surface area contributed by atoms with Crippen molar-refractivity contribution in [3.63, 3.8) is 0 Å². The molecule has 2 atom stereocenters. The molecule has 1 N–H and O–H groups in total. The van der Waals surface area contributed by atoms with Gasteiger partial charge in [-0.2, -0.15) is 0 Å². The summed E-state index contributed by atoms with van der Waals surface area (Å²) in [4.78, 5) is 1.97. The molecule has 1 saturated heterocycles. The van der Waals surface area contributed by atoms with Gasteiger partial charge in [0.15, 0.2) is 0 Å². The summed E-state index contributed by atoms with van der Waals surface area (Å²) in [6.45, 7) is 3.48. The van der Waals surface area contributed by atoms with Crippen molar-refractivity contribution in [2.75, 3.05) is 20.1 Å². The second-order valence-corrected chi connectivity index (χ2v) is 7.09. The molecule has 0 aliphatic carbocycles. The predicted octanol–water partition coefficient (Wildman–Crippen LogP) is 1.71. The predicted molar refractivity (Wildman–Crippen MR) is 72.2 cm³/mol. The maximum absolute atomic E-state index is 12.9. The number of sulfonamides is 1. The highest BCUT2D eigenvalue weighted by Gasteiger charge is 2.32. The fourth-order valence-electron chi connectivity index (χ4n) is 2.32. The largest absolute Gasteiger partial charge is 0.304 e. The van der Waals surface area contributed by atoms with Gasteiger partial charge in [-0.1, -0.05) is 18.5 Å². The molecule has 2 unspecified atom stereocenters. The smallest absolute Gasteiger partial charge is 0.242 e. The molecule has 1 heterocycles. The van der Waals surface area contributed by atoms with Gasteiger partial charge in [-0.3, -0.25) is 0 Å². The van der Waals surface area contributed by atoms with E-state index >= 15 is 0 Å². The van der Waals surface area contributed by atoms with Crippen molar-refractivity contribution in [1.29, 1.82) is 0 Å². The summed E-state index contributed by atoms with van der Waals surface area (Å²) in [5, 5.41) is -0.105. The van der Waals surface area contributed by atoms with Crippen molar-refractivity contribution in [1.82, 2.24) is 9.62 Å². The number of hydrogen-bond acceptors (Lipinski definition) is 3. The molecule has 1 fully saturated rings. The quantitative estimate of drug-likeness (QED) is 0.925. The first-order chi connectivity index (χ1) is 8.79. The Morgan fingerprint density at radius 2 is 2.11 bits per heavy atom. The van der Waals surface area contributed by atoms with Crippen molar-refractivity contribution in [2.45, 2.75) is 17.9 Å². The van der Waals surface area contributed by atoms with E-state index in [1.165, 1.54) is 6.07 Å². The third kappa shape index (κ3) is 3.25. The SMILES string of the molecule is CC1CN(C)CC1NS(=O)(=O)c1ccc(F)cc1Cl. The van der Waals surface area contributed by atoms with Gasteiger partial charge in [0.25, 0.3) is 0 Å². The molecule has 0 spiro atoms. The highest BCUT2D eigenvalue weighted by atomic mass is 35.5. The van der Waals surface area contributed by atoms with Gasteiger partial charge < -0.3 is 4.90 Å². The standard InChI is InChI=1S/C12H16ClFN2O2S/c1-8-6-16(2)7-11(8)15-19(17,18)12-4-3-9(14)5-10(12)13/h3-5,8,11,15H,6-7H2,1-2H3. The molecule has 0 amide bonds. The Balaban J connectivity index is 2.23. The lowest BCUT2D eigenvalue weighted by atomic mass is 10.1. The summed E-state index contributed by atoms with van der Waals surface area (Å²) in [5.41, 5.74) is 0. The number of hydrogen-bond donors (Lipinski definition) is 1. The zero-order chi connectivity index (χ0) is 14.2. The maximum Gasteiger partial charge on any atom is 0.242 e. The zero-order valence-corrected chi connectivity index (χ0v) is 12.3. The lowest BCUT2D eigenvalue weighted by Crippen LogP contribution is -2.39. The Kier molecular flexibility index (Phi) is 4.15. The molecule has 1 aliphatic rings. The van der Waals surface area contributed by atoms with Crippen LogP contribution in [0.5, 0.6) is 0 Å². The molecule has 7 heteroatoms. The van der Waals surface area contributed by atoms with Crippen LogP contribution in [0.1, 0.15) is 6.92 Å². The lowest BCUT2D eigenvalue weighted by Gasteiger charge is -2.17. The van der Waals surface area contributed by atoms with Gasteiger partial charge in [-0.25, -0.2) is 17.5 Å². The molecular weight excluding hydrogens is 291 g/mol. The van der Waals surface area contributed by atoms with E-state index in [0.29, 0.717) is 6.54 Å². The highest BCUT2D eigenvalue weighted by Crippen LogP contribution is 2.24. The summed E-state index contributed by atoms with van der Waals surface area (Å²) in [6.07, 6.45) is 0. The number of nitrogens with zero attached hydrogens (tertiary/aromatic N) is 1. The van der Waals surface area contributed by atoms with Crippen LogP contribution in [0.4, 0.5) is 4.39 Å². The fraction of sp³-hybridized carbons (Fsp3) is 0.500. The average Bonchev–Trinajstić information content (AvgIpc) is 2.55. The van der Waals surface area contributed by atoms with Crippen molar-refractivity contribution in [3.8, 4) is 0 Å². The van der Waals surface area contributed by atoms with Gasteiger partial charge in [0.2, 0.25) is 10.0 Å². The van der Waals surface area contributed by atoms with Crippen LogP contribution in [0, 0.1) is 11.7 Å². The normalized spacial score (nSPS) is 24.8. The van der Waals surface area contributed by atoms with E-state index < -0.39 is 15.8 Å². The maximum atomic E-state index is 12.9. The van der Waals surface area contributed by atoms with E-state index in [2.05, 4.69) is 9.62 Å². The van der Waals surface area contributed by atoms with Gasteiger partial charge in [0.1, 0.15) is 10.7 Å². The monoisotopic (exact) mass is 306 g/mol. The molecule has 0 radical (unpaired) electrons. The summed E-state index contributed by atoms with van der Waals surface area (Å²) in [6, 6.07) is 3.12. The third-order valence-electron chi connectivity index (χ3n) is 3.28. The first kappa shape index (κ1) is 14.7. The van der Waals surface area contributed by atoms with E-state index in [1.54, 1.807) is 0 Å². The Labute approximate surface area is 117 Å². The molecule has 0 bridgehead atoms. The molecule has 106 valence electrons. The van der Waals surface area contributed by atoms with Crippen LogP contribution < -0.4 is 4.72 Å². The van der Waals surface area contributed by atoms with Gasteiger partial charge in [-0.15, -0.1) is 0 Å². The third-order valence-corrected chi connectivity index (χ3v) is 5.26. The summed E-state index contributed by atoms with van der Waals surface area (Å²) in [7, 11) is -1.78. The summed E-state index contributed by atoms with van der Waals surface area (Å²) in [5.74, 6) is -0.336. The van der Waals surface area contributed by atoms with E-state index in [1.807, 2.05) is 14.0 Å². The Hall–Kier alpha value is -0.690. The topological polar surface area (TPSA) is 49.4 Å². The van der Waals surface area contributed by atoms with Gasteiger partial charge in [0, 0.05) is 19.1 Å². The molecular formula is C12H16ClFN2O2S. The molecule has 19 heavy (non-hydrogen) atoms. The lowest BCUT2D eigenvalue weighted by molar-refractivity contribution is 0.400. The van der Waals surface area contributed by atoms with Crippen molar-refractivity contribution in [2.24, 2.45) is 5.92 Å². The molecule has 4 nitrogen and oxygen atoms in total. The van der Waals surface area contributed by atoms with E-state index in [9.17, 15) is 12.8 Å². The number of likely N-dealkylation sites (N-methyl/N-ethyl adjacent to an activating group) is 1. The van der Waals surface area contributed by atoms with Crippen LogP contribution in [0.15, 0.2) is 23.1 Å². The van der Waals surface area contributed by atoms with Crippen LogP contribution in [-0.4, -0.2) is 39.5 Å². The first-order valence-corrected chi connectivity index (χ1v) is 7.81. The zero-order valence-electron chi connectivity index (χ0n) is 10.7. The molecule has 1 aliphatic heterocycles. The second-order valence-electron chi connectivity index (χ2n) is 5.00. The average molecular weight is 307 g/mol. The van der Waals surface area contributed by atoms with Crippen LogP contribution in [0.3, 0.4) is 0 Å². The van der Waals surface area contributed by atoms with Crippen molar-refractivity contribution >= 4 is 21.6 Å². The first-order valence-electron chi connectivity index (χ1n) is 5.95. The van der Waals surface area contributed by atoms with Crippen molar-refractivity contribution < 1.29 is 12.8 Å². The number of rotatable bonds is 3. The van der Waals surface area contributed by atoms with Crippen LogP contribution in [0.25, 0.3) is 0 Å². The molecule has 1 aromatic rings. The molecule has 1 aromatic carbocycles. The number of likely N-dealkylation sites (tertiary alicyclic amines) is 1. The van der Waals surface area contributed by atoms with E-state index in [-0.39, 0.29) is 21.9 Å². The molecule has 2 rings (SSSR count). The minimum Gasteiger partial charge on any atom is -0.304 e. The Bertz CT molecular complexity index is 579. The van der Waals surface area contributed by atoms with E-state index in [0.717, 1.165) is 18.7 Å². The van der Waals surface area contributed by atoms with Gasteiger partial charge in [0.05, 0.1) is 5.02 Å². The Morgan fingerprint density at radius 1 is 1.42 bits per heavy atom. The molecule has 0 aromatic heterocycles. The minimum absolute atomic E-state index is 0.0858. The Morgan fingerprint density at radius 3 is 2.63 bits per heavy atom. The second kappa shape index (κ2) is 5.36. The van der Waals surface area contributed by atoms with Gasteiger partial charge in [-0.05, 0) is 31.2 Å².